The van der Waals surface area contributed by atoms with Crippen LogP contribution in [0, 0.1) is 0 Å². The van der Waals surface area contributed by atoms with Crippen LogP contribution >= 0.6 is 0 Å². The molecule has 4 nitrogen and oxygen atoms in total. The van der Waals surface area contributed by atoms with Crippen LogP contribution in [-0.4, -0.2) is 17.9 Å². The Labute approximate surface area is 143 Å². The maximum absolute atomic E-state index is 12.3. The predicted octanol–water partition coefficient (Wildman–Crippen LogP) is 3.74. The number of carbonyl (C=O) groups is 2. The van der Waals surface area contributed by atoms with E-state index in [1.165, 1.54) is 0 Å². The molecule has 4 heteroatoms. The molecular formula is C20H24N2O2. The summed E-state index contributed by atoms with van der Waals surface area (Å²) in [5.74, 6) is -0.507. The quantitative estimate of drug-likeness (QED) is 0.900. The lowest BCUT2D eigenvalue weighted by Gasteiger charge is -2.19. The lowest BCUT2D eigenvalue weighted by Crippen LogP contribution is -2.41. The van der Waals surface area contributed by atoms with Crippen LogP contribution in [-0.2, 0) is 10.2 Å². The second-order valence-electron chi connectivity index (χ2n) is 6.88. The van der Waals surface area contributed by atoms with Gasteiger partial charge in [0.2, 0.25) is 5.91 Å². The molecule has 2 rings (SSSR count). The minimum absolute atomic E-state index is 0.0396. The standard InChI is InChI=1S/C20H24N2O2/c1-14(18(23)22-17-8-6-5-7-9-17)21-19(24)15-10-12-16(13-11-15)20(2,3)4/h5-14H,1-4H3,(H,21,24)(H,22,23). The lowest BCUT2D eigenvalue weighted by atomic mass is 9.86. The fraction of sp³-hybridized carbons (Fsp3) is 0.300. The van der Waals surface area contributed by atoms with E-state index < -0.39 is 6.04 Å². The van der Waals surface area contributed by atoms with E-state index in [1.807, 2.05) is 30.3 Å². The van der Waals surface area contributed by atoms with E-state index in [2.05, 4.69) is 31.4 Å². The van der Waals surface area contributed by atoms with Crippen molar-refractivity contribution in [3.63, 3.8) is 0 Å². The number of benzene rings is 2. The molecule has 0 aliphatic carbocycles. The van der Waals surface area contributed by atoms with E-state index in [0.29, 0.717) is 11.3 Å². The summed E-state index contributed by atoms with van der Waals surface area (Å²) in [6.07, 6.45) is 0. The smallest absolute Gasteiger partial charge is 0.251 e. The number of carbonyl (C=O) groups excluding carboxylic acids is 2. The Morgan fingerprint density at radius 3 is 2.04 bits per heavy atom. The Balaban J connectivity index is 1.97. The van der Waals surface area contributed by atoms with Crippen molar-refractivity contribution in [2.45, 2.75) is 39.2 Å². The van der Waals surface area contributed by atoms with E-state index in [4.69, 9.17) is 0 Å². The molecule has 0 aromatic heterocycles. The molecule has 24 heavy (non-hydrogen) atoms. The van der Waals surface area contributed by atoms with Crippen molar-refractivity contribution in [1.82, 2.24) is 5.32 Å². The van der Waals surface area contributed by atoms with Crippen molar-refractivity contribution in [2.75, 3.05) is 5.32 Å². The molecular weight excluding hydrogens is 300 g/mol. The van der Waals surface area contributed by atoms with Crippen molar-refractivity contribution >= 4 is 17.5 Å². The molecule has 0 saturated heterocycles. The van der Waals surface area contributed by atoms with E-state index in [0.717, 1.165) is 5.56 Å². The van der Waals surface area contributed by atoms with Gasteiger partial charge in [-0.25, -0.2) is 0 Å². The number of anilines is 1. The largest absolute Gasteiger partial charge is 0.341 e. The highest BCUT2D eigenvalue weighted by Gasteiger charge is 2.18. The first-order chi connectivity index (χ1) is 11.3. The zero-order valence-corrected chi connectivity index (χ0v) is 14.6. The first kappa shape index (κ1) is 17.7. The molecule has 0 bridgehead atoms. The summed E-state index contributed by atoms with van der Waals surface area (Å²) in [7, 11) is 0. The first-order valence-electron chi connectivity index (χ1n) is 8.04. The van der Waals surface area contributed by atoms with Gasteiger partial charge in [0.25, 0.3) is 5.91 Å². The van der Waals surface area contributed by atoms with Gasteiger partial charge in [0, 0.05) is 11.3 Å². The van der Waals surface area contributed by atoms with Gasteiger partial charge in [-0.05, 0) is 42.2 Å². The highest BCUT2D eigenvalue weighted by Crippen LogP contribution is 2.22. The molecule has 1 unspecified atom stereocenters. The second kappa shape index (κ2) is 7.30. The van der Waals surface area contributed by atoms with Gasteiger partial charge in [-0.3, -0.25) is 9.59 Å². The van der Waals surface area contributed by atoms with Crippen LogP contribution in [0.1, 0.15) is 43.6 Å². The van der Waals surface area contributed by atoms with Crippen molar-refractivity contribution in [3.05, 3.63) is 65.7 Å². The average Bonchev–Trinajstić information content (AvgIpc) is 2.55. The fourth-order valence-corrected chi connectivity index (χ4v) is 2.24. The molecule has 0 aliphatic rings. The zero-order valence-electron chi connectivity index (χ0n) is 14.6. The Kier molecular flexibility index (Phi) is 5.39. The van der Waals surface area contributed by atoms with Gasteiger partial charge in [0.05, 0.1) is 0 Å². The van der Waals surface area contributed by atoms with Gasteiger partial charge in [-0.15, -0.1) is 0 Å². The van der Waals surface area contributed by atoms with Crippen LogP contribution in [0.2, 0.25) is 0 Å². The molecule has 0 spiro atoms. The number of rotatable bonds is 4. The molecule has 0 radical (unpaired) electrons. The summed E-state index contributed by atoms with van der Waals surface area (Å²) < 4.78 is 0. The number of hydrogen-bond donors (Lipinski definition) is 2. The third-order valence-corrected chi connectivity index (χ3v) is 3.80. The summed E-state index contributed by atoms with van der Waals surface area (Å²) in [5.41, 5.74) is 2.45. The van der Waals surface area contributed by atoms with Crippen LogP contribution in [0.3, 0.4) is 0 Å². The fourth-order valence-electron chi connectivity index (χ4n) is 2.24. The topological polar surface area (TPSA) is 58.2 Å². The summed E-state index contributed by atoms with van der Waals surface area (Å²) in [4.78, 5) is 24.4. The Morgan fingerprint density at radius 2 is 1.50 bits per heavy atom. The van der Waals surface area contributed by atoms with Crippen LogP contribution < -0.4 is 10.6 Å². The van der Waals surface area contributed by atoms with Crippen molar-refractivity contribution in [2.24, 2.45) is 0 Å². The molecule has 0 fully saturated rings. The molecule has 0 saturated carbocycles. The maximum Gasteiger partial charge on any atom is 0.251 e. The summed E-state index contributed by atoms with van der Waals surface area (Å²) in [5, 5.41) is 5.50. The Hall–Kier alpha value is -2.62. The molecule has 2 amide bonds. The normalized spacial score (nSPS) is 12.3. The Bertz CT molecular complexity index is 701. The summed E-state index contributed by atoms with van der Waals surface area (Å²) in [6.45, 7) is 8.04. The summed E-state index contributed by atoms with van der Waals surface area (Å²) in [6, 6.07) is 16.0. The first-order valence-corrected chi connectivity index (χ1v) is 8.04. The van der Waals surface area contributed by atoms with Crippen molar-refractivity contribution in [3.8, 4) is 0 Å². The third-order valence-electron chi connectivity index (χ3n) is 3.80. The van der Waals surface area contributed by atoms with Crippen molar-refractivity contribution < 1.29 is 9.59 Å². The number of amides is 2. The number of nitrogens with one attached hydrogen (secondary N) is 2. The molecule has 0 aliphatic heterocycles. The van der Waals surface area contributed by atoms with Crippen molar-refractivity contribution in [1.29, 1.82) is 0 Å². The average molecular weight is 324 g/mol. The van der Waals surface area contributed by atoms with Crippen LogP contribution in [0.25, 0.3) is 0 Å². The number of hydrogen-bond acceptors (Lipinski definition) is 2. The predicted molar refractivity (Wildman–Crippen MR) is 97.1 cm³/mol. The van der Waals surface area contributed by atoms with Crippen LogP contribution in [0.5, 0.6) is 0 Å². The van der Waals surface area contributed by atoms with Gasteiger partial charge < -0.3 is 10.6 Å². The highest BCUT2D eigenvalue weighted by atomic mass is 16.2. The van der Waals surface area contributed by atoms with Gasteiger partial charge in [0.1, 0.15) is 6.04 Å². The molecule has 126 valence electrons. The second-order valence-corrected chi connectivity index (χ2v) is 6.88. The molecule has 2 N–H and O–H groups in total. The summed E-state index contributed by atoms with van der Waals surface area (Å²) >= 11 is 0. The number of para-hydroxylation sites is 1. The third kappa shape index (κ3) is 4.69. The molecule has 0 heterocycles. The Morgan fingerprint density at radius 1 is 0.917 bits per heavy atom. The van der Waals surface area contributed by atoms with E-state index in [1.54, 1.807) is 31.2 Å². The maximum atomic E-state index is 12.3. The minimum atomic E-state index is -0.625. The van der Waals surface area contributed by atoms with Gasteiger partial charge >= 0.3 is 0 Å². The highest BCUT2D eigenvalue weighted by molar-refractivity contribution is 6.00. The molecule has 2 aromatic rings. The molecule has 2 aromatic carbocycles. The van der Waals surface area contributed by atoms with E-state index in [9.17, 15) is 9.59 Å². The van der Waals surface area contributed by atoms with E-state index in [-0.39, 0.29) is 17.2 Å². The zero-order chi connectivity index (χ0) is 17.7. The van der Waals surface area contributed by atoms with E-state index >= 15 is 0 Å². The van der Waals surface area contributed by atoms with Crippen LogP contribution in [0.15, 0.2) is 54.6 Å². The molecule has 1 atom stereocenters. The SMILES string of the molecule is CC(NC(=O)c1ccc(C(C)(C)C)cc1)C(=O)Nc1ccccc1. The monoisotopic (exact) mass is 324 g/mol. The van der Waals surface area contributed by atoms with Gasteiger partial charge in [-0.1, -0.05) is 51.1 Å². The van der Waals surface area contributed by atoms with Gasteiger partial charge in [-0.2, -0.15) is 0 Å². The van der Waals surface area contributed by atoms with Crippen LogP contribution in [0.4, 0.5) is 5.69 Å². The van der Waals surface area contributed by atoms with Gasteiger partial charge in [0.15, 0.2) is 0 Å². The minimum Gasteiger partial charge on any atom is -0.341 e. The lowest BCUT2D eigenvalue weighted by molar-refractivity contribution is -0.117.